The molecule has 0 unspecified atom stereocenters. The lowest BCUT2D eigenvalue weighted by Gasteiger charge is -1.92. The molecule has 0 fully saturated rings. The second-order valence-corrected chi connectivity index (χ2v) is 2.54. The van der Waals surface area contributed by atoms with Gasteiger partial charge >= 0.3 is 0 Å². The minimum Gasteiger partial charge on any atom is -0.217 e. The van der Waals surface area contributed by atoms with Crippen molar-refractivity contribution < 1.29 is 0 Å². The molecule has 0 radical (unpaired) electrons. The Labute approximate surface area is 67.8 Å². The lowest BCUT2D eigenvalue weighted by molar-refractivity contribution is 0.892. The van der Waals surface area contributed by atoms with Crippen LogP contribution in [0.15, 0.2) is 12.5 Å². The Morgan fingerprint density at radius 1 is 1.45 bits per heavy atom. The molecule has 0 aromatic carbocycles. The third-order valence-electron chi connectivity index (χ3n) is 1.44. The molecule has 4 nitrogen and oxygen atoms in total. The summed E-state index contributed by atoms with van der Waals surface area (Å²) in [5, 5.41) is 4.31. The fourth-order valence-electron chi connectivity index (χ4n) is 0.901. The van der Waals surface area contributed by atoms with E-state index in [-0.39, 0.29) is 0 Å². The van der Waals surface area contributed by atoms with Crippen molar-refractivity contribution in [1.29, 1.82) is 0 Å². The van der Waals surface area contributed by atoms with Gasteiger partial charge in [-0.3, -0.25) is 0 Å². The smallest absolute Gasteiger partial charge is 0.217 e. The molecule has 0 aliphatic rings. The van der Waals surface area contributed by atoms with E-state index in [1.165, 1.54) is 10.8 Å². The zero-order chi connectivity index (χ0) is 7.84. The Morgan fingerprint density at radius 2 is 2.27 bits per heavy atom. The minimum atomic E-state index is 0.336. The topological polar surface area (TPSA) is 43.1 Å². The van der Waals surface area contributed by atoms with Crippen LogP contribution in [0.5, 0.6) is 0 Å². The van der Waals surface area contributed by atoms with E-state index in [1.807, 2.05) is 6.92 Å². The van der Waals surface area contributed by atoms with Gasteiger partial charge in [-0.05, 0) is 18.5 Å². The molecule has 2 aromatic heterocycles. The summed E-state index contributed by atoms with van der Waals surface area (Å²) in [5.41, 5.74) is 1.75. The van der Waals surface area contributed by atoms with Crippen LogP contribution < -0.4 is 0 Å². The van der Waals surface area contributed by atoms with Gasteiger partial charge in [-0.2, -0.15) is 9.61 Å². The van der Waals surface area contributed by atoms with Crippen molar-refractivity contribution in [3.63, 3.8) is 0 Å². The van der Waals surface area contributed by atoms with Crippen molar-refractivity contribution in [2.45, 2.75) is 6.92 Å². The SMILES string of the molecule is Cc1cnn2c(Cl)ncnc12. The van der Waals surface area contributed by atoms with Crippen molar-refractivity contribution in [3.05, 3.63) is 23.4 Å². The van der Waals surface area contributed by atoms with Gasteiger partial charge in [0.25, 0.3) is 0 Å². The van der Waals surface area contributed by atoms with Crippen molar-refractivity contribution in [2.75, 3.05) is 0 Å². The Balaban J connectivity index is 2.94. The van der Waals surface area contributed by atoms with E-state index in [9.17, 15) is 0 Å². The molecular formula is C6H5ClN4. The first-order valence-electron chi connectivity index (χ1n) is 3.10. The van der Waals surface area contributed by atoms with Gasteiger partial charge in [-0.25, -0.2) is 9.97 Å². The van der Waals surface area contributed by atoms with Gasteiger partial charge in [0, 0.05) is 5.56 Å². The average Bonchev–Trinajstić information content (AvgIpc) is 2.35. The molecule has 0 N–H and O–H groups in total. The van der Waals surface area contributed by atoms with Crippen LogP contribution in [0.3, 0.4) is 0 Å². The summed E-state index contributed by atoms with van der Waals surface area (Å²) in [6.07, 6.45) is 3.13. The highest BCUT2D eigenvalue weighted by molar-refractivity contribution is 6.28. The second kappa shape index (κ2) is 2.17. The lowest BCUT2D eigenvalue weighted by Crippen LogP contribution is -1.94. The maximum absolute atomic E-state index is 5.72. The molecule has 0 aliphatic heterocycles. The number of aryl methyl sites for hydroxylation is 1. The predicted molar refractivity (Wildman–Crippen MR) is 40.5 cm³/mol. The molecule has 0 bridgehead atoms. The number of halogens is 1. The number of hydrogen-bond donors (Lipinski definition) is 0. The van der Waals surface area contributed by atoms with Crippen molar-refractivity contribution >= 4 is 17.2 Å². The fraction of sp³-hybridized carbons (Fsp3) is 0.167. The van der Waals surface area contributed by atoms with E-state index in [4.69, 9.17) is 11.6 Å². The Hall–Kier alpha value is -1.16. The van der Waals surface area contributed by atoms with Gasteiger partial charge in [0.05, 0.1) is 6.20 Å². The second-order valence-electron chi connectivity index (χ2n) is 2.21. The highest BCUT2D eigenvalue weighted by atomic mass is 35.5. The normalized spacial score (nSPS) is 10.7. The molecule has 0 saturated carbocycles. The first-order chi connectivity index (χ1) is 5.29. The predicted octanol–water partition coefficient (Wildman–Crippen LogP) is 1.09. The van der Waals surface area contributed by atoms with Crippen molar-refractivity contribution in [2.24, 2.45) is 0 Å². The molecule has 0 amide bonds. The Bertz CT molecular complexity index is 394. The van der Waals surface area contributed by atoms with Crippen LogP contribution >= 0.6 is 11.6 Å². The van der Waals surface area contributed by atoms with E-state index in [0.717, 1.165) is 11.2 Å². The molecule has 2 heterocycles. The molecule has 2 rings (SSSR count). The van der Waals surface area contributed by atoms with Crippen LogP contribution in [0.1, 0.15) is 5.56 Å². The van der Waals surface area contributed by atoms with Gasteiger partial charge in [-0.15, -0.1) is 0 Å². The fourth-order valence-corrected chi connectivity index (χ4v) is 1.07. The van der Waals surface area contributed by atoms with Crippen LogP contribution in [-0.2, 0) is 0 Å². The van der Waals surface area contributed by atoms with Gasteiger partial charge < -0.3 is 0 Å². The molecule has 56 valence electrons. The lowest BCUT2D eigenvalue weighted by atomic mass is 10.4. The maximum Gasteiger partial charge on any atom is 0.227 e. The summed E-state index contributed by atoms with van der Waals surface area (Å²) < 4.78 is 1.50. The van der Waals surface area contributed by atoms with Gasteiger partial charge in [0.2, 0.25) is 5.28 Å². The van der Waals surface area contributed by atoms with Crippen LogP contribution in [0.4, 0.5) is 0 Å². The summed E-state index contributed by atoms with van der Waals surface area (Å²) >= 11 is 5.72. The summed E-state index contributed by atoms with van der Waals surface area (Å²) in [6.45, 7) is 1.92. The van der Waals surface area contributed by atoms with E-state index in [1.54, 1.807) is 6.20 Å². The molecule has 0 saturated heterocycles. The van der Waals surface area contributed by atoms with E-state index < -0.39 is 0 Å². The average molecular weight is 169 g/mol. The van der Waals surface area contributed by atoms with E-state index >= 15 is 0 Å². The largest absolute Gasteiger partial charge is 0.227 e. The highest BCUT2D eigenvalue weighted by Gasteiger charge is 2.02. The summed E-state index contributed by atoms with van der Waals surface area (Å²) in [5.74, 6) is 0. The third kappa shape index (κ3) is 0.867. The Kier molecular flexibility index (Phi) is 1.29. The van der Waals surface area contributed by atoms with E-state index in [0.29, 0.717) is 5.28 Å². The van der Waals surface area contributed by atoms with Crippen LogP contribution in [0.2, 0.25) is 5.28 Å². The molecule has 2 aromatic rings. The molecule has 0 atom stereocenters. The monoisotopic (exact) mass is 168 g/mol. The number of hydrogen-bond acceptors (Lipinski definition) is 3. The molecule has 0 aliphatic carbocycles. The summed E-state index contributed by atoms with van der Waals surface area (Å²) in [4.78, 5) is 7.78. The molecular weight excluding hydrogens is 164 g/mol. The zero-order valence-corrected chi connectivity index (χ0v) is 6.58. The van der Waals surface area contributed by atoms with Crippen LogP contribution in [0, 0.1) is 6.92 Å². The molecule has 11 heavy (non-hydrogen) atoms. The highest BCUT2D eigenvalue weighted by Crippen LogP contribution is 2.09. The number of fused-ring (bicyclic) bond motifs is 1. The minimum absolute atomic E-state index is 0.336. The van der Waals surface area contributed by atoms with Gasteiger partial charge in [-0.1, -0.05) is 0 Å². The Morgan fingerprint density at radius 3 is 3.00 bits per heavy atom. The summed E-state index contributed by atoms with van der Waals surface area (Å²) in [6, 6.07) is 0. The first-order valence-corrected chi connectivity index (χ1v) is 3.47. The molecule has 0 spiro atoms. The summed E-state index contributed by atoms with van der Waals surface area (Å²) in [7, 11) is 0. The maximum atomic E-state index is 5.72. The quantitative estimate of drug-likeness (QED) is 0.592. The third-order valence-corrected chi connectivity index (χ3v) is 1.70. The van der Waals surface area contributed by atoms with Crippen LogP contribution in [0.25, 0.3) is 5.65 Å². The van der Waals surface area contributed by atoms with Crippen molar-refractivity contribution in [1.82, 2.24) is 19.6 Å². The number of rotatable bonds is 0. The number of nitrogens with zero attached hydrogens (tertiary/aromatic N) is 4. The standard InChI is InChI=1S/C6H5ClN4/c1-4-2-10-11-5(4)8-3-9-6(11)7/h2-3H,1H3. The van der Waals surface area contributed by atoms with Gasteiger partial charge in [0.15, 0.2) is 5.65 Å². The zero-order valence-electron chi connectivity index (χ0n) is 5.82. The first kappa shape index (κ1) is 6.54. The van der Waals surface area contributed by atoms with Crippen molar-refractivity contribution in [3.8, 4) is 0 Å². The molecule has 5 heteroatoms. The number of aromatic nitrogens is 4. The van der Waals surface area contributed by atoms with Gasteiger partial charge in [0.1, 0.15) is 6.33 Å². The van der Waals surface area contributed by atoms with Crippen LogP contribution in [-0.4, -0.2) is 19.6 Å². The van der Waals surface area contributed by atoms with E-state index in [2.05, 4.69) is 15.1 Å².